The molecular formula is C21H29NO2S2. The minimum atomic E-state index is -3.50. The fraction of sp³-hybridized carbons (Fsp3) is 0.524. The summed E-state index contributed by atoms with van der Waals surface area (Å²) in [4.78, 5) is 2.81. The first kappa shape index (κ1) is 19.6. The van der Waals surface area contributed by atoms with E-state index < -0.39 is 10.0 Å². The maximum atomic E-state index is 13.4. The Hall–Kier alpha value is -1.17. The summed E-state index contributed by atoms with van der Waals surface area (Å²) in [5.74, 6) is 0. The SMILES string of the molecule is Cc1ccc([C@H]2CCCCCN2S(=O)(=O)c2ccc(C(C)(C)C)cc2)s1. The lowest BCUT2D eigenvalue weighted by molar-refractivity contribution is 0.333. The largest absolute Gasteiger partial charge is 0.243 e. The van der Waals surface area contributed by atoms with Crippen molar-refractivity contribution in [2.75, 3.05) is 6.54 Å². The second-order valence-corrected chi connectivity index (χ2v) is 11.4. The lowest BCUT2D eigenvalue weighted by atomic mass is 9.87. The van der Waals surface area contributed by atoms with Gasteiger partial charge in [-0.3, -0.25) is 0 Å². The van der Waals surface area contributed by atoms with Crippen molar-refractivity contribution in [3.63, 3.8) is 0 Å². The van der Waals surface area contributed by atoms with Crippen LogP contribution in [0.15, 0.2) is 41.3 Å². The minimum Gasteiger partial charge on any atom is -0.207 e. The van der Waals surface area contributed by atoms with Crippen LogP contribution in [0.25, 0.3) is 0 Å². The molecule has 1 aliphatic heterocycles. The van der Waals surface area contributed by atoms with E-state index in [2.05, 4.69) is 39.8 Å². The molecule has 0 amide bonds. The molecule has 1 aliphatic rings. The zero-order valence-corrected chi connectivity index (χ0v) is 17.8. The normalized spacial score (nSPS) is 20.1. The van der Waals surface area contributed by atoms with Gasteiger partial charge in [-0.15, -0.1) is 11.3 Å². The van der Waals surface area contributed by atoms with Gasteiger partial charge in [-0.1, -0.05) is 45.7 Å². The van der Waals surface area contributed by atoms with E-state index in [-0.39, 0.29) is 11.5 Å². The Morgan fingerprint density at radius 3 is 2.27 bits per heavy atom. The molecular weight excluding hydrogens is 362 g/mol. The number of nitrogens with zero attached hydrogens (tertiary/aromatic N) is 1. The summed E-state index contributed by atoms with van der Waals surface area (Å²) in [7, 11) is -3.50. The Morgan fingerprint density at radius 2 is 1.69 bits per heavy atom. The second kappa shape index (κ2) is 7.45. The minimum absolute atomic E-state index is 0.0158. The topological polar surface area (TPSA) is 37.4 Å². The molecule has 0 saturated carbocycles. The summed E-state index contributed by atoms with van der Waals surface area (Å²) >= 11 is 1.72. The van der Waals surface area contributed by atoms with Crippen molar-refractivity contribution in [1.29, 1.82) is 0 Å². The van der Waals surface area contributed by atoms with Crippen LogP contribution in [0, 0.1) is 6.92 Å². The third-order valence-electron chi connectivity index (χ3n) is 5.12. The van der Waals surface area contributed by atoms with Gasteiger partial charge in [0.1, 0.15) is 0 Å². The Balaban J connectivity index is 1.97. The number of benzene rings is 1. The molecule has 0 N–H and O–H groups in total. The Kier molecular flexibility index (Phi) is 5.61. The van der Waals surface area contributed by atoms with Gasteiger partial charge in [-0.25, -0.2) is 8.42 Å². The molecule has 1 aromatic heterocycles. The van der Waals surface area contributed by atoms with Crippen LogP contribution in [0.4, 0.5) is 0 Å². The van der Waals surface area contributed by atoms with Gasteiger partial charge in [-0.05, 0) is 55.0 Å². The zero-order chi connectivity index (χ0) is 18.9. The highest BCUT2D eigenvalue weighted by molar-refractivity contribution is 7.89. The molecule has 5 heteroatoms. The molecule has 0 aliphatic carbocycles. The Morgan fingerprint density at radius 1 is 1.00 bits per heavy atom. The Labute approximate surface area is 162 Å². The molecule has 1 aromatic carbocycles. The summed E-state index contributed by atoms with van der Waals surface area (Å²) < 4.78 is 28.6. The van der Waals surface area contributed by atoms with Crippen molar-refractivity contribution in [3.8, 4) is 0 Å². The van der Waals surface area contributed by atoms with E-state index in [9.17, 15) is 8.42 Å². The molecule has 0 radical (unpaired) electrons. The highest BCUT2D eigenvalue weighted by atomic mass is 32.2. The van der Waals surface area contributed by atoms with Gasteiger partial charge in [0.05, 0.1) is 10.9 Å². The lowest BCUT2D eigenvalue weighted by Crippen LogP contribution is -2.34. The molecule has 1 atom stereocenters. The van der Waals surface area contributed by atoms with Gasteiger partial charge in [0.2, 0.25) is 10.0 Å². The van der Waals surface area contributed by atoms with Crippen LogP contribution < -0.4 is 0 Å². The number of rotatable bonds is 3. The standard InChI is InChI=1S/C21H29NO2S2/c1-16-9-14-20(25-16)19-8-6-5-7-15-22(19)26(23,24)18-12-10-17(11-13-18)21(2,3)4/h9-14,19H,5-8,15H2,1-4H3/t19-/m1/s1. The molecule has 142 valence electrons. The van der Waals surface area contributed by atoms with Crippen molar-refractivity contribution in [3.05, 3.63) is 51.7 Å². The molecule has 3 rings (SSSR count). The number of sulfonamides is 1. The van der Waals surface area contributed by atoms with Crippen molar-refractivity contribution in [1.82, 2.24) is 4.31 Å². The maximum Gasteiger partial charge on any atom is 0.243 e. The van der Waals surface area contributed by atoms with Crippen molar-refractivity contribution in [2.45, 2.75) is 69.7 Å². The molecule has 1 fully saturated rings. The van der Waals surface area contributed by atoms with Crippen LogP contribution in [0.2, 0.25) is 0 Å². The summed E-state index contributed by atoms with van der Waals surface area (Å²) in [5.41, 5.74) is 1.17. The van der Waals surface area contributed by atoms with E-state index in [1.807, 2.05) is 12.1 Å². The van der Waals surface area contributed by atoms with Gasteiger partial charge >= 0.3 is 0 Å². The monoisotopic (exact) mass is 391 g/mol. The fourth-order valence-electron chi connectivity index (χ4n) is 3.55. The van der Waals surface area contributed by atoms with E-state index in [0.717, 1.165) is 31.2 Å². The molecule has 0 unspecified atom stereocenters. The van der Waals surface area contributed by atoms with E-state index >= 15 is 0 Å². The number of hydrogen-bond acceptors (Lipinski definition) is 3. The number of hydrogen-bond donors (Lipinski definition) is 0. The van der Waals surface area contributed by atoms with Gasteiger partial charge in [-0.2, -0.15) is 4.31 Å². The number of thiophene rings is 1. The van der Waals surface area contributed by atoms with Crippen LogP contribution >= 0.6 is 11.3 Å². The van der Waals surface area contributed by atoms with Gasteiger partial charge in [0, 0.05) is 16.3 Å². The van der Waals surface area contributed by atoms with Gasteiger partial charge < -0.3 is 0 Å². The van der Waals surface area contributed by atoms with Gasteiger partial charge in [0.15, 0.2) is 0 Å². The van der Waals surface area contributed by atoms with Crippen molar-refractivity contribution >= 4 is 21.4 Å². The summed E-state index contributed by atoms with van der Waals surface area (Å²) in [6.07, 6.45) is 4.01. The van der Waals surface area contributed by atoms with E-state index in [1.165, 1.54) is 9.75 Å². The number of aryl methyl sites for hydroxylation is 1. The van der Waals surface area contributed by atoms with Crippen molar-refractivity contribution < 1.29 is 8.42 Å². The lowest BCUT2D eigenvalue weighted by Gasteiger charge is -2.29. The predicted molar refractivity (Wildman–Crippen MR) is 109 cm³/mol. The quantitative estimate of drug-likeness (QED) is 0.677. The highest BCUT2D eigenvalue weighted by Gasteiger charge is 2.34. The molecule has 26 heavy (non-hydrogen) atoms. The average molecular weight is 392 g/mol. The second-order valence-electron chi connectivity index (χ2n) is 8.20. The zero-order valence-electron chi connectivity index (χ0n) is 16.2. The predicted octanol–water partition coefficient (Wildman–Crippen LogP) is 5.66. The maximum absolute atomic E-state index is 13.4. The van der Waals surface area contributed by atoms with E-state index in [0.29, 0.717) is 11.4 Å². The smallest absolute Gasteiger partial charge is 0.207 e. The highest BCUT2D eigenvalue weighted by Crippen LogP contribution is 2.37. The van der Waals surface area contributed by atoms with E-state index in [4.69, 9.17) is 0 Å². The average Bonchev–Trinajstić information content (AvgIpc) is 2.86. The third-order valence-corrected chi connectivity index (χ3v) is 8.14. The van der Waals surface area contributed by atoms with Crippen LogP contribution in [0.3, 0.4) is 0 Å². The summed E-state index contributed by atoms with van der Waals surface area (Å²) in [6.45, 7) is 9.10. The first-order chi connectivity index (χ1) is 12.2. The summed E-state index contributed by atoms with van der Waals surface area (Å²) in [6, 6.07) is 11.6. The van der Waals surface area contributed by atoms with Crippen LogP contribution in [-0.4, -0.2) is 19.3 Å². The molecule has 2 heterocycles. The molecule has 3 nitrogen and oxygen atoms in total. The third kappa shape index (κ3) is 4.05. The first-order valence-corrected chi connectivity index (χ1v) is 11.6. The molecule has 0 bridgehead atoms. The van der Waals surface area contributed by atoms with Crippen molar-refractivity contribution in [2.24, 2.45) is 0 Å². The van der Waals surface area contributed by atoms with E-state index in [1.54, 1.807) is 27.8 Å². The van der Waals surface area contributed by atoms with Crippen LogP contribution in [0.5, 0.6) is 0 Å². The van der Waals surface area contributed by atoms with Crippen LogP contribution in [0.1, 0.15) is 67.8 Å². The van der Waals surface area contributed by atoms with Crippen LogP contribution in [-0.2, 0) is 15.4 Å². The first-order valence-electron chi connectivity index (χ1n) is 9.38. The molecule has 0 spiro atoms. The summed E-state index contributed by atoms with van der Waals surface area (Å²) in [5, 5.41) is 0. The Bertz CT molecular complexity index is 845. The van der Waals surface area contributed by atoms with Gasteiger partial charge in [0.25, 0.3) is 0 Å². The fourth-order valence-corrected chi connectivity index (χ4v) is 6.31. The molecule has 1 saturated heterocycles. The molecule has 2 aromatic rings.